The number of ether oxygens (including phenoxy) is 1. The number of amides is 1. The van der Waals surface area contributed by atoms with Crippen LogP contribution in [0.5, 0.6) is 5.75 Å². The summed E-state index contributed by atoms with van der Waals surface area (Å²) in [6.07, 6.45) is 1.59. The molecule has 1 aromatic carbocycles. The van der Waals surface area contributed by atoms with Crippen LogP contribution >= 0.6 is 11.6 Å². The summed E-state index contributed by atoms with van der Waals surface area (Å²) >= 11 is 5.80. The van der Waals surface area contributed by atoms with E-state index in [1.807, 2.05) is 13.8 Å². The lowest BCUT2D eigenvalue weighted by Crippen LogP contribution is -2.45. The van der Waals surface area contributed by atoms with E-state index >= 15 is 0 Å². The quantitative estimate of drug-likeness (QED) is 0.877. The van der Waals surface area contributed by atoms with E-state index < -0.39 is 0 Å². The Morgan fingerprint density at radius 3 is 2.89 bits per heavy atom. The van der Waals surface area contributed by atoms with Gasteiger partial charge in [-0.3, -0.25) is 4.79 Å². The number of aromatic hydroxyl groups is 1. The Labute approximate surface area is 117 Å². The Hall–Kier alpha value is -1.26. The van der Waals surface area contributed by atoms with Gasteiger partial charge in [0.1, 0.15) is 5.75 Å². The van der Waals surface area contributed by atoms with Crippen molar-refractivity contribution in [1.82, 2.24) is 5.32 Å². The number of halogens is 1. The molecule has 4 nitrogen and oxygen atoms in total. The highest BCUT2D eigenvalue weighted by atomic mass is 35.5. The van der Waals surface area contributed by atoms with Gasteiger partial charge in [0.2, 0.25) is 0 Å². The van der Waals surface area contributed by atoms with Crippen LogP contribution in [0.25, 0.3) is 0 Å². The van der Waals surface area contributed by atoms with Crippen molar-refractivity contribution in [3.05, 3.63) is 28.8 Å². The molecule has 1 unspecified atom stereocenters. The molecule has 0 aliphatic carbocycles. The largest absolute Gasteiger partial charge is 0.506 e. The normalized spacial score (nSPS) is 21.9. The Morgan fingerprint density at radius 2 is 2.26 bits per heavy atom. The lowest BCUT2D eigenvalue weighted by molar-refractivity contribution is -0.0615. The number of phenols is 1. The van der Waals surface area contributed by atoms with Crippen LogP contribution in [-0.2, 0) is 4.74 Å². The minimum absolute atomic E-state index is 0.0228. The second-order valence-electron chi connectivity index (χ2n) is 5.44. The van der Waals surface area contributed by atoms with Gasteiger partial charge < -0.3 is 15.2 Å². The molecule has 1 amide bonds. The SMILES string of the molecule is CC1(C)CC(NC(=O)c2ccc(O)c(Cl)c2)CCO1. The van der Waals surface area contributed by atoms with Crippen molar-refractivity contribution < 1.29 is 14.6 Å². The molecule has 19 heavy (non-hydrogen) atoms. The third-order valence-corrected chi connectivity index (χ3v) is 3.54. The summed E-state index contributed by atoms with van der Waals surface area (Å²) in [5.41, 5.74) is 0.245. The molecule has 0 bridgehead atoms. The first-order valence-electron chi connectivity index (χ1n) is 6.31. The lowest BCUT2D eigenvalue weighted by Gasteiger charge is -2.35. The number of carbonyl (C=O) groups excluding carboxylic acids is 1. The van der Waals surface area contributed by atoms with Crippen LogP contribution in [0.3, 0.4) is 0 Å². The van der Waals surface area contributed by atoms with Crippen molar-refractivity contribution in [2.75, 3.05) is 6.61 Å². The topological polar surface area (TPSA) is 58.6 Å². The smallest absolute Gasteiger partial charge is 0.251 e. The molecule has 0 aromatic heterocycles. The minimum Gasteiger partial charge on any atom is -0.506 e. The van der Waals surface area contributed by atoms with Crippen LogP contribution in [0.1, 0.15) is 37.0 Å². The zero-order valence-corrected chi connectivity index (χ0v) is 11.8. The molecular weight excluding hydrogens is 266 g/mol. The van der Waals surface area contributed by atoms with Crippen molar-refractivity contribution in [1.29, 1.82) is 0 Å². The number of hydrogen-bond donors (Lipinski definition) is 2. The van der Waals surface area contributed by atoms with Crippen LogP contribution in [0, 0.1) is 0 Å². The molecule has 104 valence electrons. The predicted molar refractivity (Wildman–Crippen MR) is 73.6 cm³/mol. The second-order valence-corrected chi connectivity index (χ2v) is 5.84. The van der Waals surface area contributed by atoms with E-state index in [0.717, 1.165) is 12.8 Å². The number of carbonyl (C=O) groups is 1. The molecule has 1 aromatic rings. The Balaban J connectivity index is 2.02. The molecular formula is C14H18ClNO3. The van der Waals surface area contributed by atoms with Gasteiger partial charge in [0.25, 0.3) is 5.91 Å². The number of hydrogen-bond acceptors (Lipinski definition) is 3. The van der Waals surface area contributed by atoms with Gasteiger partial charge in [0, 0.05) is 18.2 Å². The van der Waals surface area contributed by atoms with E-state index in [-0.39, 0.29) is 28.3 Å². The molecule has 1 heterocycles. The van der Waals surface area contributed by atoms with E-state index in [1.165, 1.54) is 12.1 Å². The van der Waals surface area contributed by atoms with Gasteiger partial charge in [-0.1, -0.05) is 11.6 Å². The predicted octanol–water partition coefficient (Wildman–Crippen LogP) is 2.73. The van der Waals surface area contributed by atoms with E-state index in [2.05, 4.69) is 5.32 Å². The van der Waals surface area contributed by atoms with Crippen molar-refractivity contribution in [3.8, 4) is 5.75 Å². The van der Waals surface area contributed by atoms with Crippen molar-refractivity contribution >= 4 is 17.5 Å². The summed E-state index contributed by atoms with van der Waals surface area (Å²) in [7, 11) is 0. The Kier molecular flexibility index (Phi) is 4.02. The number of nitrogens with one attached hydrogen (secondary N) is 1. The first-order valence-corrected chi connectivity index (χ1v) is 6.68. The fourth-order valence-electron chi connectivity index (χ4n) is 2.27. The first-order chi connectivity index (χ1) is 8.87. The maximum Gasteiger partial charge on any atom is 0.251 e. The molecule has 1 fully saturated rings. The third kappa shape index (κ3) is 3.61. The fourth-order valence-corrected chi connectivity index (χ4v) is 2.45. The van der Waals surface area contributed by atoms with Gasteiger partial charge >= 0.3 is 0 Å². The van der Waals surface area contributed by atoms with E-state index in [4.69, 9.17) is 16.3 Å². The number of benzene rings is 1. The summed E-state index contributed by atoms with van der Waals surface area (Å²) in [6.45, 7) is 4.68. The van der Waals surface area contributed by atoms with Gasteiger partial charge in [-0.25, -0.2) is 0 Å². The lowest BCUT2D eigenvalue weighted by atomic mass is 9.94. The summed E-state index contributed by atoms with van der Waals surface area (Å²) < 4.78 is 5.61. The second kappa shape index (κ2) is 5.39. The van der Waals surface area contributed by atoms with E-state index in [0.29, 0.717) is 12.2 Å². The maximum atomic E-state index is 12.1. The Morgan fingerprint density at radius 1 is 1.53 bits per heavy atom. The standard InChI is InChI=1S/C14H18ClNO3/c1-14(2)8-10(5-6-19-14)16-13(18)9-3-4-12(17)11(15)7-9/h3-4,7,10,17H,5-6,8H2,1-2H3,(H,16,18). The monoisotopic (exact) mass is 283 g/mol. The summed E-state index contributed by atoms with van der Waals surface area (Å²) in [5, 5.41) is 12.5. The maximum absolute atomic E-state index is 12.1. The van der Waals surface area contributed by atoms with Gasteiger partial charge in [0.15, 0.2) is 0 Å². The van der Waals surface area contributed by atoms with Gasteiger partial charge in [-0.2, -0.15) is 0 Å². The molecule has 0 radical (unpaired) electrons. The summed E-state index contributed by atoms with van der Waals surface area (Å²) in [6, 6.07) is 4.55. The minimum atomic E-state index is -0.206. The highest BCUT2D eigenvalue weighted by Gasteiger charge is 2.29. The molecule has 2 rings (SSSR count). The van der Waals surface area contributed by atoms with Crippen LogP contribution in [0.4, 0.5) is 0 Å². The van der Waals surface area contributed by atoms with Gasteiger partial charge in [0.05, 0.1) is 10.6 Å². The molecule has 1 saturated heterocycles. The molecule has 0 spiro atoms. The summed E-state index contributed by atoms with van der Waals surface area (Å²) in [4.78, 5) is 12.1. The highest BCUT2D eigenvalue weighted by Crippen LogP contribution is 2.26. The van der Waals surface area contributed by atoms with Crippen molar-refractivity contribution in [2.45, 2.75) is 38.3 Å². The average molecular weight is 284 g/mol. The van der Waals surface area contributed by atoms with Crippen LogP contribution in [-0.4, -0.2) is 29.3 Å². The summed E-state index contributed by atoms with van der Waals surface area (Å²) in [5.74, 6) is -0.199. The zero-order chi connectivity index (χ0) is 14.0. The highest BCUT2D eigenvalue weighted by molar-refractivity contribution is 6.32. The van der Waals surface area contributed by atoms with Crippen molar-refractivity contribution in [2.24, 2.45) is 0 Å². The molecule has 5 heteroatoms. The van der Waals surface area contributed by atoms with Crippen LogP contribution < -0.4 is 5.32 Å². The number of phenolic OH excluding ortho intramolecular Hbond substituents is 1. The van der Waals surface area contributed by atoms with Gasteiger partial charge in [-0.05, 0) is 44.9 Å². The van der Waals surface area contributed by atoms with E-state index in [9.17, 15) is 9.90 Å². The van der Waals surface area contributed by atoms with Gasteiger partial charge in [-0.15, -0.1) is 0 Å². The molecule has 2 N–H and O–H groups in total. The number of rotatable bonds is 2. The average Bonchev–Trinajstić information content (AvgIpc) is 2.31. The van der Waals surface area contributed by atoms with Crippen LogP contribution in [0.2, 0.25) is 5.02 Å². The van der Waals surface area contributed by atoms with E-state index in [1.54, 1.807) is 6.07 Å². The van der Waals surface area contributed by atoms with Crippen LogP contribution in [0.15, 0.2) is 18.2 Å². The Bertz CT molecular complexity index is 488. The third-order valence-electron chi connectivity index (χ3n) is 3.24. The molecule has 1 aliphatic rings. The first kappa shape index (κ1) is 14.2. The van der Waals surface area contributed by atoms with Crippen molar-refractivity contribution in [3.63, 3.8) is 0 Å². The molecule has 1 aliphatic heterocycles. The molecule has 0 saturated carbocycles. The fraction of sp³-hybridized carbons (Fsp3) is 0.500. The zero-order valence-electron chi connectivity index (χ0n) is 11.1. The molecule has 1 atom stereocenters.